The van der Waals surface area contributed by atoms with E-state index in [4.69, 9.17) is 0 Å². The Hall–Kier alpha value is -1.66. The molecule has 1 aromatic rings. The molecule has 2 aliphatic heterocycles. The maximum Gasteiger partial charge on any atom is 0.254 e. The first-order chi connectivity index (χ1) is 10.1. The van der Waals surface area contributed by atoms with Crippen molar-refractivity contribution in [2.24, 2.45) is 0 Å². The summed E-state index contributed by atoms with van der Waals surface area (Å²) in [5.74, 6) is -1.09. The maximum atomic E-state index is 14.1. The number of fused-ring (bicyclic) bond motifs is 1. The highest BCUT2D eigenvalue weighted by Crippen LogP contribution is 2.26. The van der Waals surface area contributed by atoms with Crippen LogP contribution in [0.3, 0.4) is 0 Å². The summed E-state index contributed by atoms with van der Waals surface area (Å²) in [7, 11) is 0. The molecule has 0 bridgehead atoms. The quantitative estimate of drug-likeness (QED) is 0.773. The Bertz CT molecular complexity index is 588. The molecule has 1 saturated heterocycles. The molecule has 0 atom stereocenters. The highest BCUT2D eigenvalue weighted by Gasteiger charge is 2.22. The molecule has 0 aromatic heterocycles. The van der Waals surface area contributed by atoms with Gasteiger partial charge in [-0.15, -0.1) is 12.4 Å². The monoisotopic (exact) mass is 327 g/mol. The maximum absolute atomic E-state index is 14.1. The molecule has 0 radical (unpaired) electrons. The van der Waals surface area contributed by atoms with Crippen LogP contribution in [0.15, 0.2) is 12.1 Å². The zero-order valence-electron chi connectivity index (χ0n) is 12.1. The third-order valence-electron chi connectivity index (χ3n) is 4.01. The second-order valence-corrected chi connectivity index (χ2v) is 5.54. The Morgan fingerprint density at radius 2 is 1.95 bits per heavy atom. The van der Waals surface area contributed by atoms with Crippen LogP contribution in [0.1, 0.15) is 35.2 Å². The van der Waals surface area contributed by atoms with Gasteiger partial charge < -0.3 is 16.0 Å². The standard InChI is InChI=1S/C15H18FN3O2.ClH/c16-12-8-13-9(1-2-14(20)19-13)7-11(12)15(21)18-10-3-5-17-6-4-10;/h7-8,10,17H,1-6H2,(H,18,21)(H,19,20);1H. The Labute approximate surface area is 134 Å². The number of hydrogen-bond donors (Lipinski definition) is 3. The van der Waals surface area contributed by atoms with Crippen molar-refractivity contribution in [2.45, 2.75) is 31.7 Å². The number of anilines is 1. The van der Waals surface area contributed by atoms with Crippen LogP contribution in [0.4, 0.5) is 10.1 Å². The largest absolute Gasteiger partial charge is 0.349 e. The zero-order chi connectivity index (χ0) is 14.8. The van der Waals surface area contributed by atoms with E-state index in [1.54, 1.807) is 6.07 Å². The van der Waals surface area contributed by atoms with Crippen LogP contribution in [0.25, 0.3) is 0 Å². The van der Waals surface area contributed by atoms with Crippen molar-refractivity contribution in [3.05, 3.63) is 29.1 Å². The van der Waals surface area contributed by atoms with Crippen molar-refractivity contribution in [1.82, 2.24) is 10.6 Å². The van der Waals surface area contributed by atoms with E-state index in [-0.39, 0.29) is 35.8 Å². The van der Waals surface area contributed by atoms with Gasteiger partial charge in [0.1, 0.15) is 5.82 Å². The minimum atomic E-state index is -0.595. The van der Waals surface area contributed by atoms with Crippen LogP contribution in [0.2, 0.25) is 0 Å². The summed E-state index contributed by atoms with van der Waals surface area (Å²) >= 11 is 0. The number of piperidine rings is 1. The van der Waals surface area contributed by atoms with Gasteiger partial charge in [0.2, 0.25) is 5.91 Å². The molecule has 2 heterocycles. The van der Waals surface area contributed by atoms with E-state index in [0.29, 0.717) is 18.5 Å². The predicted molar refractivity (Wildman–Crippen MR) is 84.0 cm³/mol. The second-order valence-electron chi connectivity index (χ2n) is 5.54. The van der Waals surface area contributed by atoms with Crippen LogP contribution >= 0.6 is 12.4 Å². The molecule has 2 amide bonds. The molecule has 3 rings (SSSR count). The lowest BCUT2D eigenvalue weighted by molar-refractivity contribution is -0.116. The molecule has 0 unspecified atom stereocenters. The van der Waals surface area contributed by atoms with Crippen LogP contribution in [-0.4, -0.2) is 30.9 Å². The van der Waals surface area contributed by atoms with Gasteiger partial charge in [-0.05, 0) is 50.0 Å². The molecule has 22 heavy (non-hydrogen) atoms. The van der Waals surface area contributed by atoms with E-state index in [0.717, 1.165) is 31.5 Å². The molecule has 5 nitrogen and oxygen atoms in total. The molecule has 1 aromatic carbocycles. The molecular formula is C15H19ClFN3O2. The average molecular weight is 328 g/mol. The van der Waals surface area contributed by atoms with Crippen molar-refractivity contribution in [3.63, 3.8) is 0 Å². The SMILES string of the molecule is Cl.O=C1CCc2cc(C(=O)NC3CCNCC3)c(F)cc2N1. The lowest BCUT2D eigenvalue weighted by Gasteiger charge is -2.24. The third kappa shape index (κ3) is 3.56. The second kappa shape index (κ2) is 7.07. The summed E-state index contributed by atoms with van der Waals surface area (Å²) in [6.45, 7) is 1.73. The van der Waals surface area contributed by atoms with Crippen LogP contribution in [0, 0.1) is 5.82 Å². The molecule has 0 spiro atoms. The minimum absolute atomic E-state index is 0. The molecule has 0 saturated carbocycles. The Balaban J connectivity index is 0.00000176. The van der Waals surface area contributed by atoms with E-state index in [9.17, 15) is 14.0 Å². The molecule has 3 N–H and O–H groups in total. The normalized spacial score (nSPS) is 18.0. The lowest BCUT2D eigenvalue weighted by Crippen LogP contribution is -2.43. The van der Waals surface area contributed by atoms with Gasteiger partial charge in [0.05, 0.1) is 5.56 Å². The van der Waals surface area contributed by atoms with E-state index < -0.39 is 5.82 Å². The lowest BCUT2D eigenvalue weighted by atomic mass is 9.99. The average Bonchev–Trinajstić information content (AvgIpc) is 2.47. The van der Waals surface area contributed by atoms with Crippen LogP contribution in [0.5, 0.6) is 0 Å². The number of benzene rings is 1. The summed E-state index contributed by atoms with van der Waals surface area (Å²) in [5.41, 5.74) is 1.34. The number of hydrogen-bond acceptors (Lipinski definition) is 3. The molecule has 0 aliphatic carbocycles. The Morgan fingerprint density at radius 1 is 1.23 bits per heavy atom. The minimum Gasteiger partial charge on any atom is -0.349 e. The fourth-order valence-corrected chi connectivity index (χ4v) is 2.81. The van der Waals surface area contributed by atoms with Gasteiger partial charge in [-0.3, -0.25) is 9.59 Å². The molecule has 1 fully saturated rings. The fraction of sp³-hybridized carbons (Fsp3) is 0.467. The number of carbonyl (C=O) groups is 2. The highest BCUT2D eigenvalue weighted by atomic mass is 35.5. The van der Waals surface area contributed by atoms with Gasteiger partial charge in [0.15, 0.2) is 0 Å². The van der Waals surface area contributed by atoms with Crippen LogP contribution in [-0.2, 0) is 11.2 Å². The summed E-state index contributed by atoms with van der Waals surface area (Å²) in [5, 5.41) is 8.73. The number of amides is 2. The molecule has 7 heteroatoms. The predicted octanol–water partition coefficient (Wildman–Crippen LogP) is 1.61. The topological polar surface area (TPSA) is 70.2 Å². The smallest absolute Gasteiger partial charge is 0.254 e. The van der Waals surface area contributed by atoms with Gasteiger partial charge in [-0.1, -0.05) is 0 Å². The van der Waals surface area contributed by atoms with Gasteiger partial charge in [-0.25, -0.2) is 4.39 Å². The first kappa shape index (κ1) is 16.7. The van der Waals surface area contributed by atoms with E-state index in [1.807, 2.05) is 0 Å². The molecule has 2 aliphatic rings. The summed E-state index contributed by atoms with van der Waals surface area (Å²) < 4.78 is 14.1. The number of carbonyl (C=O) groups excluding carboxylic acids is 2. The number of aryl methyl sites for hydroxylation is 1. The zero-order valence-corrected chi connectivity index (χ0v) is 12.9. The summed E-state index contributed by atoms with van der Waals surface area (Å²) in [6, 6.07) is 2.89. The van der Waals surface area contributed by atoms with Crippen molar-refractivity contribution < 1.29 is 14.0 Å². The van der Waals surface area contributed by atoms with Gasteiger partial charge in [-0.2, -0.15) is 0 Å². The first-order valence-corrected chi connectivity index (χ1v) is 7.27. The Morgan fingerprint density at radius 3 is 2.68 bits per heavy atom. The third-order valence-corrected chi connectivity index (χ3v) is 4.01. The first-order valence-electron chi connectivity index (χ1n) is 7.27. The fourth-order valence-electron chi connectivity index (χ4n) is 2.81. The van der Waals surface area contributed by atoms with Crippen molar-refractivity contribution >= 4 is 29.9 Å². The molecule has 120 valence electrons. The summed E-state index contributed by atoms with van der Waals surface area (Å²) in [4.78, 5) is 23.5. The Kier molecular flexibility index (Phi) is 5.37. The van der Waals surface area contributed by atoms with E-state index in [2.05, 4.69) is 16.0 Å². The number of rotatable bonds is 2. The van der Waals surface area contributed by atoms with Crippen molar-refractivity contribution in [3.8, 4) is 0 Å². The molecular weight excluding hydrogens is 309 g/mol. The van der Waals surface area contributed by atoms with Gasteiger partial charge >= 0.3 is 0 Å². The number of nitrogens with one attached hydrogen (secondary N) is 3. The summed E-state index contributed by atoms with van der Waals surface area (Å²) in [6.07, 6.45) is 2.62. The van der Waals surface area contributed by atoms with Crippen molar-refractivity contribution in [1.29, 1.82) is 0 Å². The van der Waals surface area contributed by atoms with Gasteiger partial charge in [0.25, 0.3) is 5.91 Å². The van der Waals surface area contributed by atoms with Crippen molar-refractivity contribution in [2.75, 3.05) is 18.4 Å². The van der Waals surface area contributed by atoms with Crippen LogP contribution < -0.4 is 16.0 Å². The van der Waals surface area contributed by atoms with Gasteiger partial charge in [0, 0.05) is 18.2 Å². The number of halogens is 2. The van der Waals surface area contributed by atoms with E-state index in [1.165, 1.54) is 6.07 Å². The van der Waals surface area contributed by atoms with E-state index >= 15 is 0 Å². The highest BCUT2D eigenvalue weighted by molar-refractivity contribution is 5.98.